The number of hydrogen-bond donors (Lipinski definition) is 2. The molecule has 1 heterocycles. The molecule has 7 heteroatoms. The van der Waals surface area contributed by atoms with Crippen LogP contribution in [0, 0.1) is 5.92 Å². The summed E-state index contributed by atoms with van der Waals surface area (Å²) >= 11 is 0. The molecule has 0 saturated carbocycles. The van der Waals surface area contributed by atoms with E-state index in [9.17, 15) is 18.0 Å². The molecule has 2 rings (SSSR count). The summed E-state index contributed by atoms with van der Waals surface area (Å²) in [5.74, 6) is -1.22. The number of alkyl halides is 3. The van der Waals surface area contributed by atoms with Crippen molar-refractivity contribution in [3.8, 4) is 5.75 Å². The molecule has 1 aliphatic heterocycles. The maximum absolute atomic E-state index is 12.4. The zero-order valence-electron chi connectivity index (χ0n) is 13.0. The number of carbonyl (C=O) groups is 1. The van der Waals surface area contributed by atoms with Crippen molar-refractivity contribution in [2.24, 2.45) is 5.92 Å². The number of halogens is 3. The molecule has 4 nitrogen and oxygen atoms in total. The van der Waals surface area contributed by atoms with E-state index in [0.717, 1.165) is 37.9 Å². The Labute approximate surface area is 133 Å². The Morgan fingerprint density at radius 3 is 2.83 bits per heavy atom. The van der Waals surface area contributed by atoms with Gasteiger partial charge in [0.25, 0.3) is 0 Å². The number of benzene rings is 1. The van der Waals surface area contributed by atoms with Gasteiger partial charge in [0.1, 0.15) is 5.75 Å². The van der Waals surface area contributed by atoms with Gasteiger partial charge in [0.05, 0.1) is 12.3 Å². The van der Waals surface area contributed by atoms with E-state index in [0.29, 0.717) is 12.5 Å². The van der Waals surface area contributed by atoms with Gasteiger partial charge in [0.2, 0.25) is 0 Å². The lowest BCUT2D eigenvalue weighted by Gasteiger charge is -2.23. The van der Waals surface area contributed by atoms with Crippen molar-refractivity contribution in [3.63, 3.8) is 0 Å². The molecule has 1 saturated heterocycles. The molecule has 1 aromatic carbocycles. The summed E-state index contributed by atoms with van der Waals surface area (Å²) in [5.41, 5.74) is 1.03. The first-order chi connectivity index (χ1) is 10.9. The fourth-order valence-corrected chi connectivity index (χ4v) is 2.70. The Kier molecular flexibility index (Phi) is 5.87. The average Bonchev–Trinajstić information content (AvgIpc) is 2.50. The highest BCUT2D eigenvalue weighted by atomic mass is 19.4. The number of nitrogens with one attached hydrogen (secondary N) is 2. The second-order valence-corrected chi connectivity index (χ2v) is 5.63. The summed E-state index contributed by atoms with van der Waals surface area (Å²) in [7, 11) is 0. The maximum atomic E-state index is 12.4. The Balaban J connectivity index is 2.12. The summed E-state index contributed by atoms with van der Waals surface area (Å²) in [6.45, 7) is 4.02. The van der Waals surface area contributed by atoms with Crippen LogP contribution in [0.15, 0.2) is 18.2 Å². The SMILES string of the molecule is CCOc1cc(CC2CCCNC2)ccc1NC(=O)C(F)(F)F. The molecule has 0 spiro atoms. The van der Waals surface area contributed by atoms with Crippen LogP contribution in [0.5, 0.6) is 5.75 Å². The number of amides is 1. The first kappa shape index (κ1) is 17.6. The van der Waals surface area contributed by atoms with E-state index in [2.05, 4.69) is 5.32 Å². The standard InChI is InChI=1S/C16H21F3N2O2/c1-2-23-14-9-11(8-12-4-3-7-20-10-12)5-6-13(14)21-15(22)16(17,18)19/h5-6,9,12,20H,2-4,7-8,10H2,1H3,(H,21,22). The molecule has 2 N–H and O–H groups in total. The number of rotatable bonds is 5. The zero-order chi connectivity index (χ0) is 16.9. The number of carbonyl (C=O) groups excluding carboxylic acids is 1. The minimum Gasteiger partial charge on any atom is -0.492 e. The highest BCUT2D eigenvalue weighted by Gasteiger charge is 2.39. The third-order valence-corrected chi connectivity index (χ3v) is 3.77. The Morgan fingerprint density at radius 2 is 2.22 bits per heavy atom. The summed E-state index contributed by atoms with van der Waals surface area (Å²) in [5, 5.41) is 5.20. The van der Waals surface area contributed by atoms with Crippen LogP contribution in [0.2, 0.25) is 0 Å². The Bertz CT molecular complexity index is 541. The quantitative estimate of drug-likeness (QED) is 0.872. The van der Waals surface area contributed by atoms with Crippen LogP contribution in [0.3, 0.4) is 0 Å². The number of anilines is 1. The highest BCUT2D eigenvalue weighted by Crippen LogP contribution is 2.29. The van der Waals surface area contributed by atoms with Gasteiger partial charge < -0.3 is 15.4 Å². The third kappa shape index (κ3) is 5.13. The van der Waals surface area contributed by atoms with E-state index in [1.165, 1.54) is 6.07 Å². The molecule has 23 heavy (non-hydrogen) atoms. The van der Waals surface area contributed by atoms with Crippen LogP contribution >= 0.6 is 0 Å². The van der Waals surface area contributed by atoms with Crippen LogP contribution in [-0.4, -0.2) is 31.8 Å². The number of piperidine rings is 1. The maximum Gasteiger partial charge on any atom is 0.471 e. The first-order valence-electron chi connectivity index (χ1n) is 7.74. The van der Waals surface area contributed by atoms with Gasteiger partial charge in [-0.1, -0.05) is 6.07 Å². The summed E-state index contributed by atoms with van der Waals surface area (Å²) in [6.07, 6.45) is -1.83. The number of hydrogen-bond acceptors (Lipinski definition) is 3. The molecule has 128 valence electrons. The molecule has 1 aromatic rings. The van der Waals surface area contributed by atoms with E-state index in [4.69, 9.17) is 4.74 Å². The lowest BCUT2D eigenvalue weighted by molar-refractivity contribution is -0.167. The van der Waals surface area contributed by atoms with Crippen LogP contribution in [0.4, 0.5) is 18.9 Å². The predicted molar refractivity (Wildman–Crippen MR) is 81.6 cm³/mol. The lowest BCUT2D eigenvalue weighted by Crippen LogP contribution is -2.31. The molecule has 1 fully saturated rings. The zero-order valence-corrected chi connectivity index (χ0v) is 13.0. The molecule has 1 atom stereocenters. The molecule has 1 aliphatic rings. The van der Waals surface area contributed by atoms with Gasteiger partial charge >= 0.3 is 12.1 Å². The molecule has 1 unspecified atom stereocenters. The molecule has 0 aromatic heterocycles. The lowest BCUT2D eigenvalue weighted by atomic mass is 9.92. The van der Waals surface area contributed by atoms with Crippen molar-refractivity contribution < 1.29 is 22.7 Å². The minimum atomic E-state index is -4.92. The van der Waals surface area contributed by atoms with Gasteiger partial charge in [0.15, 0.2) is 0 Å². The van der Waals surface area contributed by atoms with Crippen molar-refractivity contribution in [3.05, 3.63) is 23.8 Å². The largest absolute Gasteiger partial charge is 0.492 e. The fraction of sp³-hybridized carbons (Fsp3) is 0.562. The van der Waals surface area contributed by atoms with E-state index >= 15 is 0 Å². The van der Waals surface area contributed by atoms with Crippen molar-refractivity contribution in [2.75, 3.05) is 25.0 Å². The molecular weight excluding hydrogens is 309 g/mol. The van der Waals surface area contributed by atoms with Gasteiger partial charge in [-0.3, -0.25) is 4.79 Å². The van der Waals surface area contributed by atoms with Crippen molar-refractivity contribution >= 4 is 11.6 Å². The smallest absolute Gasteiger partial charge is 0.471 e. The second-order valence-electron chi connectivity index (χ2n) is 5.63. The molecule has 0 aliphatic carbocycles. The molecular formula is C16H21F3N2O2. The summed E-state index contributed by atoms with van der Waals surface area (Å²) < 4.78 is 42.5. The van der Waals surface area contributed by atoms with Gasteiger partial charge in [-0.05, 0) is 62.9 Å². The monoisotopic (exact) mass is 330 g/mol. The molecule has 0 bridgehead atoms. The third-order valence-electron chi connectivity index (χ3n) is 3.77. The first-order valence-corrected chi connectivity index (χ1v) is 7.74. The molecule has 0 radical (unpaired) electrons. The topological polar surface area (TPSA) is 50.4 Å². The van der Waals surface area contributed by atoms with Crippen molar-refractivity contribution in [1.82, 2.24) is 5.32 Å². The summed E-state index contributed by atoms with van der Waals surface area (Å²) in [4.78, 5) is 11.1. The van der Waals surface area contributed by atoms with Gasteiger partial charge in [0, 0.05) is 0 Å². The van der Waals surface area contributed by atoms with E-state index in [-0.39, 0.29) is 11.4 Å². The highest BCUT2D eigenvalue weighted by molar-refractivity contribution is 5.96. The fourth-order valence-electron chi connectivity index (χ4n) is 2.70. The van der Waals surface area contributed by atoms with Gasteiger partial charge in [-0.15, -0.1) is 0 Å². The van der Waals surface area contributed by atoms with E-state index in [1.807, 2.05) is 5.32 Å². The van der Waals surface area contributed by atoms with Crippen LogP contribution in [-0.2, 0) is 11.2 Å². The van der Waals surface area contributed by atoms with Crippen molar-refractivity contribution in [1.29, 1.82) is 0 Å². The predicted octanol–water partition coefficient (Wildman–Crippen LogP) is 3.13. The van der Waals surface area contributed by atoms with Crippen molar-refractivity contribution in [2.45, 2.75) is 32.4 Å². The Hall–Kier alpha value is -1.76. The van der Waals surface area contributed by atoms with Crippen LogP contribution < -0.4 is 15.4 Å². The minimum absolute atomic E-state index is 0.0414. The van der Waals surface area contributed by atoms with E-state index in [1.54, 1.807) is 19.1 Å². The van der Waals surface area contributed by atoms with Gasteiger partial charge in [-0.2, -0.15) is 13.2 Å². The Morgan fingerprint density at radius 1 is 1.43 bits per heavy atom. The van der Waals surface area contributed by atoms with Crippen LogP contribution in [0.1, 0.15) is 25.3 Å². The van der Waals surface area contributed by atoms with E-state index < -0.39 is 12.1 Å². The molecule has 1 amide bonds. The number of ether oxygens (including phenoxy) is 1. The second kappa shape index (κ2) is 7.68. The van der Waals surface area contributed by atoms with Gasteiger partial charge in [-0.25, -0.2) is 0 Å². The normalized spacial score (nSPS) is 18.5. The van der Waals surface area contributed by atoms with Crippen LogP contribution in [0.25, 0.3) is 0 Å². The average molecular weight is 330 g/mol. The summed E-state index contributed by atoms with van der Waals surface area (Å²) in [6, 6.07) is 4.92.